The number of nitrogens with zero attached hydrogens (tertiary/aromatic N) is 1. The van der Waals surface area contributed by atoms with Gasteiger partial charge in [-0.1, -0.05) is 12.1 Å². The lowest BCUT2D eigenvalue weighted by Gasteiger charge is -2.09. The quantitative estimate of drug-likeness (QED) is 0.391. The van der Waals surface area contributed by atoms with Gasteiger partial charge in [-0.2, -0.15) is 5.26 Å². The van der Waals surface area contributed by atoms with Crippen LogP contribution in [0, 0.1) is 23.0 Å². The van der Waals surface area contributed by atoms with Crippen molar-refractivity contribution in [3.8, 4) is 11.8 Å². The highest BCUT2D eigenvalue weighted by molar-refractivity contribution is 7.21. The second kappa shape index (κ2) is 7.82. The highest BCUT2D eigenvalue weighted by atomic mass is 32.1. The first-order valence-electron chi connectivity index (χ1n) is 8.70. The first-order chi connectivity index (χ1) is 14.1. The molecule has 0 aliphatic heterocycles. The predicted octanol–water partition coefficient (Wildman–Crippen LogP) is 5.86. The molecule has 0 saturated carbocycles. The van der Waals surface area contributed by atoms with Gasteiger partial charge in [0.25, 0.3) is 0 Å². The third kappa shape index (κ3) is 3.73. The molecule has 0 aliphatic rings. The van der Waals surface area contributed by atoms with E-state index < -0.39 is 11.6 Å². The minimum atomic E-state index is -0.704. The van der Waals surface area contributed by atoms with E-state index in [9.17, 15) is 13.6 Å². The van der Waals surface area contributed by atoms with Gasteiger partial charge in [0.15, 0.2) is 0 Å². The molecule has 0 amide bonds. The normalized spacial score (nSPS) is 10.7. The summed E-state index contributed by atoms with van der Waals surface area (Å²) in [6.45, 7) is -0.138. The number of ether oxygens (including phenoxy) is 1. The van der Waals surface area contributed by atoms with Crippen LogP contribution in [-0.4, -0.2) is 5.78 Å². The van der Waals surface area contributed by atoms with Crippen molar-refractivity contribution in [1.82, 2.24) is 0 Å². The van der Waals surface area contributed by atoms with Crippen LogP contribution in [0.2, 0.25) is 0 Å². The highest BCUT2D eigenvalue weighted by Gasteiger charge is 2.21. The zero-order valence-corrected chi connectivity index (χ0v) is 15.8. The van der Waals surface area contributed by atoms with E-state index in [-0.39, 0.29) is 18.0 Å². The third-order valence-corrected chi connectivity index (χ3v) is 5.57. The lowest BCUT2D eigenvalue weighted by atomic mass is 10.1. The molecule has 29 heavy (non-hydrogen) atoms. The Bertz CT molecular complexity index is 1260. The van der Waals surface area contributed by atoms with E-state index in [1.165, 1.54) is 17.4 Å². The van der Waals surface area contributed by atoms with Crippen LogP contribution in [-0.2, 0) is 6.61 Å². The molecular weight excluding hydrogens is 392 g/mol. The zero-order valence-electron chi connectivity index (χ0n) is 15.0. The van der Waals surface area contributed by atoms with Crippen molar-refractivity contribution in [2.24, 2.45) is 0 Å². The van der Waals surface area contributed by atoms with Gasteiger partial charge in [-0.05, 0) is 48.5 Å². The summed E-state index contributed by atoms with van der Waals surface area (Å²) in [5.41, 5.74) is 1.08. The van der Waals surface area contributed by atoms with Gasteiger partial charge in [0.1, 0.15) is 28.9 Å². The lowest BCUT2D eigenvalue weighted by molar-refractivity contribution is 0.103. The number of ketones is 1. The van der Waals surface area contributed by atoms with Gasteiger partial charge in [0.2, 0.25) is 5.78 Å². The standard InChI is InChI=1S/C23H13F2NO2S/c24-17-10-9-16(19(25)11-17)13-28-22-18-3-1-2-4-20(18)29-23(22)21(27)15-7-5-14(12-26)6-8-15/h1-11H,13H2. The van der Waals surface area contributed by atoms with E-state index in [0.717, 1.165) is 22.2 Å². The second-order valence-corrected chi connectivity index (χ2v) is 7.35. The Morgan fingerprint density at radius 1 is 1.03 bits per heavy atom. The number of benzene rings is 3. The Balaban J connectivity index is 1.72. The maximum absolute atomic E-state index is 14.0. The number of fused-ring (bicyclic) bond motifs is 1. The van der Waals surface area contributed by atoms with Gasteiger partial charge in [-0.3, -0.25) is 4.79 Å². The van der Waals surface area contributed by atoms with Gasteiger partial charge >= 0.3 is 0 Å². The van der Waals surface area contributed by atoms with Gasteiger partial charge in [0, 0.05) is 27.3 Å². The van der Waals surface area contributed by atoms with E-state index in [4.69, 9.17) is 10.00 Å². The van der Waals surface area contributed by atoms with Crippen molar-refractivity contribution in [3.05, 3.63) is 99.9 Å². The number of hydrogen-bond acceptors (Lipinski definition) is 4. The number of carbonyl (C=O) groups excluding carboxylic acids is 1. The third-order valence-electron chi connectivity index (χ3n) is 4.42. The number of thiophene rings is 1. The SMILES string of the molecule is N#Cc1ccc(C(=O)c2sc3ccccc3c2OCc2ccc(F)cc2F)cc1. The van der Waals surface area contributed by atoms with E-state index in [0.29, 0.717) is 21.8 Å². The summed E-state index contributed by atoms with van der Waals surface area (Å²) in [6.07, 6.45) is 0. The van der Waals surface area contributed by atoms with Gasteiger partial charge in [0.05, 0.1) is 11.6 Å². The molecule has 0 bridgehead atoms. The predicted molar refractivity (Wildman–Crippen MR) is 107 cm³/mol. The monoisotopic (exact) mass is 405 g/mol. The van der Waals surface area contributed by atoms with E-state index in [1.54, 1.807) is 24.3 Å². The molecule has 0 saturated heterocycles. The molecule has 0 atom stereocenters. The van der Waals surface area contributed by atoms with E-state index in [1.807, 2.05) is 30.3 Å². The van der Waals surface area contributed by atoms with Crippen LogP contribution in [0.1, 0.15) is 26.4 Å². The molecule has 6 heteroatoms. The van der Waals surface area contributed by atoms with Crippen molar-refractivity contribution >= 4 is 27.2 Å². The van der Waals surface area contributed by atoms with Crippen molar-refractivity contribution in [3.63, 3.8) is 0 Å². The van der Waals surface area contributed by atoms with E-state index in [2.05, 4.69) is 0 Å². The van der Waals surface area contributed by atoms with Crippen LogP contribution < -0.4 is 4.74 Å². The summed E-state index contributed by atoms with van der Waals surface area (Å²) in [5, 5.41) is 9.68. The Morgan fingerprint density at radius 2 is 1.79 bits per heavy atom. The van der Waals surface area contributed by atoms with Crippen molar-refractivity contribution in [1.29, 1.82) is 5.26 Å². The maximum atomic E-state index is 14.0. The average Bonchev–Trinajstić information content (AvgIpc) is 3.11. The van der Waals surface area contributed by atoms with Crippen LogP contribution in [0.25, 0.3) is 10.1 Å². The maximum Gasteiger partial charge on any atom is 0.206 e. The average molecular weight is 405 g/mol. The van der Waals surface area contributed by atoms with Crippen LogP contribution >= 0.6 is 11.3 Å². The first-order valence-corrected chi connectivity index (χ1v) is 9.51. The molecule has 0 aliphatic carbocycles. The first kappa shape index (κ1) is 18.8. The van der Waals surface area contributed by atoms with Crippen LogP contribution in [0.3, 0.4) is 0 Å². The molecule has 0 fully saturated rings. The number of carbonyl (C=O) groups is 1. The fraction of sp³-hybridized carbons (Fsp3) is 0.0435. The molecule has 0 spiro atoms. The molecule has 4 aromatic rings. The topological polar surface area (TPSA) is 50.1 Å². The molecule has 0 unspecified atom stereocenters. The summed E-state index contributed by atoms with van der Waals surface area (Å²) in [7, 11) is 0. The van der Waals surface area contributed by atoms with Gasteiger partial charge in [-0.15, -0.1) is 11.3 Å². The summed E-state index contributed by atoms with van der Waals surface area (Å²) in [6, 6.07) is 19.0. The summed E-state index contributed by atoms with van der Waals surface area (Å²) >= 11 is 1.29. The molecule has 0 N–H and O–H groups in total. The Kier molecular flexibility index (Phi) is 5.07. The molecule has 4 rings (SSSR count). The van der Waals surface area contributed by atoms with Crippen LogP contribution in [0.15, 0.2) is 66.7 Å². The molecule has 1 heterocycles. The van der Waals surface area contributed by atoms with Crippen LogP contribution in [0.5, 0.6) is 5.75 Å². The summed E-state index contributed by atoms with van der Waals surface area (Å²) < 4.78 is 33.8. The molecule has 3 aromatic carbocycles. The van der Waals surface area contributed by atoms with Crippen molar-refractivity contribution < 1.29 is 18.3 Å². The minimum absolute atomic E-state index is 0.138. The van der Waals surface area contributed by atoms with Gasteiger partial charge < -0.3 is 4.74 Å². The summed E-state index contributed by atoms with van der Waals surface area (Å²) in [5.74, 6) is -1.25. The smallest absolute Gasteiger partial charge is 0.206 e. The fourth-order valence-electron chi connectivity index (χ4n) is 2.93. The highest BCUT2D eigenvalue weighted by Crippen LogP contribution is 2.39. The molecule has 1 aromatic heterocycles. The lowest BCUT2D eigenvalue weighted by Crippen LogP contribution is -2.04. The number of rotatable bonds is 5. The zero-order chi connectivity index (χ0) is 20.4. The number of halogens is 2. The minimum Gasteiger partial charge on any atom is -0.486 e. The summed E-state index contributed by atoms with van der Waals surface area (Å²) in [4.78, 5) is 13.5. The Labute approximate surface area is 169 Å². The molecular formula is C23H13F2NO2S. The Morgan fingerprint density at radius 3 is 2.52 bits per heavy atom. The molecule has 142 valence electrons. The molecule has 0 radical (unpaired) electrons. The number of hydrogen-bond donors (Lipinski definition) is 0. The van der Waals surface area contributed by atoms with E-state index >= 15 is 0 Å². The Hall–Kier alpha value is -3.56. The van der Waals surface area contributed by atoms with Crippen LogP contribution in [0.4, 0.5) is 8.78 Å². The number of nitriles is 1. The van der Waals surface area contributed by atoms with Crippen molar-refractivity contribution in [2.45, 2.75) is 6.61 Å². The van der Waals surface area contributed by atoms with Gasteiger partial charge in [-0.25, -0.2) is 8.78 Å². The van der Waals surface area contributed by atoms with Crippen molar-refractivity contribution in [2.75, 3.05) is 0 Å². The second-order valence-electron chi connectivity index (χ2n) is 6.30. The molecule has 3 nitrogen and oxygen atoms in total. The fourth-order valence-corrected chi connectivity index (χ4v) is 4.04. The largest absolute Gasteiger partial charge is 0.486 e.